The Morgan fingerprint density at radius 3 is 2.68 bits per heavy atom. The summed E-state index contributed by atoms with van der Waals surface area (Å²) in [4.78, 5) is 41.0. The molecule has 1 aromatic rings. The molecule has 2 saturated carbocycles. The normalized spacial score (nSPS) is 29.3. The molecule has 2 bridgehead atoms. The minimum absolute atomic E-state index is 0.0178. The van der Waals surface area contributed by atoms with E-state index in [4.69, 9.17) is 9.47 Å². The fourth-order valence-corrected chi connectivity index (χ4v) is 7.68. The second kappa shape index (κ2) is 12.9. The molecule has 7 unspecified atom stereocenters. The lowest BCUT2D eigenvalue weighted by molar-refractivity contribution is -0.138. The zero-order valence-corrected chi connectivity index (χ0v) is 24.2. The number of hydrogen-bond donors (Lipinski definition) is 3. The van der Waals surface area contributed by atoms with Gasteiger partial charge in [0.15, 0.2) is 11.5 Å². The summed E-state index contributed by atoms with van der Waals surface area (Å²) < 4.78 is 11.8. The van der Waals surface area contributed by atoms with E-state index in [0.29, 0.717) is 59.3 Å². The van der Waals surface area contributed by atoms with Crippen LogP contribution in [0.1, 0.15) is 86.6 Å². The summed E-state index contributed by atoms with van der Waals surface area (Å²) in [6.07, 6.45) is 9.64. The molecule has 3 N–H and O–H groups in total. The van der Waals surface area contributed by atoms with Crippen LogP contribution in [0.3, 0.4) is 0 Å². The summed E-state index contributed by atoms with van der Waals surface area (Å²) in [5.74, 6) is 1.41. The van der Waals surface area contributed by atoms with Gasteiger partial charge in [0.25, 0.3) is 0 Å². The summed E-state index contributed by atoms with van der Waals surface area (Å²) in [5.41, 5.74) is 1.31. The SMILES string of the molecule is CCCCCCN(C(=O)CC1CC2CCC1C2)C1C=C(C(=O)NCCO)C2c3cc(C=O)cc(OC)c3OC2C1O. The van der Waals surface area contributed by atoms with E-state index in [9.17, 15) is 24.6 Å². The number of carbonyl (C=O) groups is 3. The number of ether oxygens (including phenoxy) is 2. The molecule has 41 heavy (non-hydrogen) atoms. The fraction of sp³-hybridized carbons (Fsp3) is 0.656. The number of nitrogens with zero attached hydrogens (tertiary/aromatic N) is 1. The molecular formula is C32H44N2O7. The number of nitrogens with one attached hydrogen (secondary N) is 1. The average molecular weight is 569 g/mol. The van der Waals surface area contributed by atoms with Crippen LogP contribution in [0, 0.1) is 17.8 Å². The molecule has 9 heteroatoms. The summed E-state index contributed by atoms with van der Waals surface area (Å²) in [7, 11) is 1.48. The first-order chi connectivity index (χ1) is 19.9. The van der Waals surface area contributed by atoms with Gasteiger partial charge >= 0.3 is 0 Å². The number of unbranched alkanes of at least 4 members (excludes halogenated alkanes) is 3. The second-order valence-electron chi connectivity index (χ2n) is 12.2. The quantitative estimate of drug-likeness (QED) is 0.246. The van der Waals surface area contributed by atoms with Crippen molar-refractivity contribution in [2.75, 3.05) is 26.8 Å². The number of aliphatic hydroxyl groups is 2. The van der Waals surface area contributed by atoms with Crippen LogP contribution in [0.25, 0.3) is 0 Å². The number of methoxy groups -OCH3 is 1. The number of fused-ring (bicyclic) bond motifs is 5. The summed E-state index contributed by atoms with van der Waals surface area (Å²) in [6.45, 7) is 2.48. The van der Waals surface area contributed by atoms with Gasteiger partial charge in [-0.15, -0.1) is 0 Å². The van der Waals surface area contributed by atoms with Gasteiger partial charge in [0.05, 0.1) is 25.7 Å². The predicted molar refractivity (Wildman–Crippen MR) is 153 cm³/mol. The van der Waals surface area contributed by atoms with Gasteiger partial charge in [0, 0.05) is 36.2 Å². The van der Waals surface area contributed by atoms with E-state index in [-0.39, 0.29) is 19.1 Å². The van der Waals surface area contributed by atoms with Crippen molar-refractivity contribution >= 4 is 18.1 Å². The van der Waals surface area contributed by atoms with Gasteiger partial charge in [-0.3, -0.25) is 14.4 Å². The molecule has 224 valence electrons. The van der Waals surface area contributed by atoms with Crippen molar-refractivity contribution in [1.82, 2.24) is 10.2 Å². The number of aldehydes is 1. The third-order valence-corrected chi connectivity index (χ3v) is 9.67. The van der Waals surface area contributed by atoms with Crippen LogP contribution >= 0.6 is 0 Å². The van der Waals surface area contributed by atoms with Crippen LogP contribution in [0.15, 0.2) is 23.8 Å². The number of amides is 2. The van der Waals surface area contributed by atoms with E-state index < -0.39 is 30.1 Å². The highest BCUT2D eigenvalue weighted by Gasteiger charge is 2.52. The molecule has 4 aliphatic rings. The Morgan fingerprint density at radius 1 is 1.20 bits per heavy atom. The first-order valence-corrected chi connectivity index (χ1v) is 15.3. The maximum Gasteiger partial charge on any atom is 0.247 e. The molecule has 1 aliphatic heterocycles. The molecule has 1 heterocycles. The van der Waals surface area contributed by atoms with Crippen LogP contribution < -0.4 is 14.8 Å². The first kappa shape index (κ1) is 29.6. The molecule has 3 aliphatic carbocycles. The molecule has 0 saturated heterocycles. The highest BCUT2D eigenvalue weighted by molar-refractivity contribution is 5.96. The Bertz CT molecular complexity index is 1170. The van der Waals surface area contributed by atoms with Gasteiger partial charge in [-0.1, -0.05) is 32.6 Å². The van der Waals surface area contributed by atoms with Crippen molar-refractivity contribution in [3.63, 3.8) is 0 Å². The van der Waals surface area contributed by atoms with E-state index in [0.717, 1.165) is 38.0 Å². The van der Waals surface area contributed by atoms with Crippen molar-refractivity contribution < 1.29 is 34.1 Å². The molecule has 5 rings (SSSR count). The van der Waals surface area contributed by atoms with Crippen molar-refractivity contribution in [3.05, 3.63) is 34.9 Å². The van der Waals surface area contributed by atoms with Gasteiger partial charge in [0.2, 0.25) is 11.8 Å². The number of benzene rings is 1. The van der Waals surface area contributed by atoms with Crippen molar-refractivity contribution in [2.45, 2.75) is 88.9 Å². The number of rotatable bonds is 13. The van der Waals surface area contributed by atoms with E-state index in [1.54, 1.807) is 23.1 Å². The monoisotopic (exact) mass is 568 g/mol. The lowest BCUT2D eigenvalue weighted by Gasteiger charge is -2.41. The third-order valence-electron chi connectivity index (χ3n) is 9.67. The van der Waals surface area contributed by atoms with Crippen molar-refractivity contribution in [2.24, 2.45) is 17.8 Å². The Hall–Kier alpha value is -2.91. The number of carbonyl (C=O) groups excluding carboxylic acids is 3. The maximum absolute atomic E-state index is 14.0. The van der Waals surface area contributed by atoms with E-state index in [1.807, 2.05) is 0 Å². The topological polar surface area (TPSA) is 125 Å². The molecule has 2 fully saturated rings. The molecule has 0 radical (unpaired) electrons. The third kappa shape index (κ3) is 5.89. The fourth-order valence-electron chi connectivity index (χ4n) is 7.68. The van der Waals surface area contributed by atoms with Gasteiger partial charge in [-0.25, -0.2) is 0 Å². The van der Waals surface area contributed by atoms with E-state index in [2.05, 4.69) is 12.2 Å². The van der Waals surface area contributed by atoms with Crippen LogP contribution in [0.2, 0.25) is 0 Å². The highest BCUT2D eigenvalue weighted by Crippen LogP contribution is 2.52. The van der Waals surface area contributed by atoms with Gasteiger partial charge in [-0.2, -0.15) is 0 Å². The van der Waals surface area contributed by atoms with Crippen LogP contribution in [0.5, 0.6) is 11.5 Å². The lowest BCUT2D eigenvalue weighted by atomic mass is 9.77. The minimum atomic E-state index is -1.10. The van der Waals surface area contributed by atoms with Gasteiger partial charge in [-0.05, 0) is 61.6 Å². The lowest BCUT2D eigenvalue weighted by Crippen LogP contribution is -2.56. The summed E-state index contributed by atoms with van der Waals surface area (Å²) in [5, 5.41) is 23.9. The predicted octanol–water partition coefficient (Wildman–Crippen LogP) is 3.37. The maximum atomic E-state index is 14.0. The van der Waals surface area contributed by atoms with Gasteiger partial charge in [0.1, 0.15) is 18.5 Å². The molecule has 0 spiro atoms. The van der Waals surface area contributed by atoms with E-state index in [1.165, 1.54) is 26.4 Å². The highest BCUT2D eigenvalue weighted by atomic mass is 16.5. The smallest absolute Gasteiger partial charge is 0.247 e. The van der Waals surface area contributed by atoms with Crippen molar-refractivity contribution in [1.29, 1.82) is 0 Å². The molecule has 0 aromatic heterocycles. The van der Waals surface area contributed by atoms with Crippen molar-refractivity contribution in [3.8, 4) is 11.5 Å². The molecule has 2 amide bonds. The Morgan fingerprint density at radius 2 is 2.02 bits per heavy atom. The van der Waals surface area contributed by atoms with Gasteiger partial charge < -0.3 is 29.9 Å². The van der Waals surface area contributed by atoms with E-state index >= 15 is 0 Å². The first-order valence-electron chi connectivity index (χ1n) is 15.3. The summed E-state index contributed by atoms with van der Waals surface area (Å²) in [6, 6.07) is 2.49. The summed E-state index contributed by atoms with van der Waals surface area (Å²) >= 11 is 0. The standard InChI is InChI=1S/C32H44N2O7/c1-3-4-5-6-10-34(27(37)16-22-13-19-7-8-21(22)12-19)25-17-24(32(39)33-9-11-35)28-23-14-20(18-36)15-26(40-2)30(23)41-31(28)29(25)38/h14-15,17-19,21-22,25,28-29,31,35,38H,3-13,16H2,1-2H3,(H,33,39). The Kier molecular flexibility index (Phi) is 9.34. The van der Waals surface area contributed by atoms with Crippen LogP contribution in [-0.2, 0) is 9.59 Å². The van der Waals surface area contributed by atoms with Crippen LogP contribution in [-0.4, -0.2) is 78.3 Å². The second-order valence-corrected chi connectivity index (χ2v) is 12.2. The number of hydrogen-bond acceptors (Lipinski definition) is 7. The zero-order valence-electron chi connectivity index (χ0n) is 24.2. The zero-order chi connectivity index (χ0) is 29.1. The largest absolute Gasteiger partial charge is 0.493 e. The molecule has 9 nitrogen and oxygen atoms in total. The van der Waals surface area contributed by atoms with Crippen LogP contribution in [0.4, 0.5) is 0 Å². The number of aliphatic hydroxyl groups excluding tert-OH is 2. The average Bonchev–Trinajstić information content (AvgIpc) is 3.71. The Labute approximate surface area is 242 Å². The minimum Gasteiger partial charge on any atom is -0.493 e. The molecule has 7 atom stereocenters. The molecule has 1 aromatic carbocycles. The molecular weight excluding hydrogens is 524 g/mol. The Balaban J connectivity index is 1.49.